The van der Waals surface area contributed by atoms with Gasteiger partial charge in [0.15, 0.2) is 0 Å². The molecule has 1 atom stereocenters. The summed E-state index contributed by atoms with van der Waals surface area (Å²) in [7, 11) is 0. The summed E-state index contributed by atoms with van der Waals surface area (Å²) < 4.78 is 0. The molecule has 6 N–H and O–H groups in total. The second kappa shape index (κ2) is 10.7. The fourth-order valence-corrected chi connectivity index (χ4v) is 4.63. The van der Waals surface area contributed by atoms with Crippen LogP contribution in [0.1, 0.15) is 17.2 Å². The van der Waals surface area contributed by atoms with E-state index in [2.05, 4.69) is 58.8 Å². The van der Waals surface area contributed by atoms with Crippen LogP contribution < -0.4 is 16.6 Å². The number of benzene rings is 4. The molecule has 5 rings (SSSR count). The number of nitrogens with one attached hydrogen (secondary N) is 2. The van der Waals surface area contributed by atoms with Crippen molar-refractivity contribution < 1.29 is 10.2 Å². The molecule has 5 aromatic rings. The fraction of sp³-hybridized carbons (Fsp3) is 0.129. The minimum absolute atomic E-state index is 0.0256. The summed E-state index contributed by atoms with van der Waals surface area (Å²) in [5, 5.41) is 24.7. The second-order valence-electron chi connectivity index (χ2n) is 9.12. The lowest BCUT2D eigenvalue weighted by atomic mass is 9.97. The number of hydrogen-bond acceptors (Lipinski definition) is 5. The molecule has 0 saturated heterocycles. The number of aromatic amines is 1. The topological polar surface area (TPSA) is 111 Å². The number of pyridine rings is 1. The lowest BCUT2D eigenvalue weighted by Crippen LogP contribution is -2.24. The molecule has 0 saturated carbocycles. The van der Waals surface area contributed by atoms with Crippen LogP contribution in [0.25, 0.3) is 33.2 Å². The monoisotopic (exact) mass is 491 g/mol. The van der Waals surface area contributed by atoms with Crippen LogP contribution in [-0.4, -0.2) is 28.3 Å². The van der Waals surface area contributed by atoms with Gasteiger partial charge in [-0.05, 0) is 70.6 Å². The maximum absolute atomic E-state index is 11.6. The first-order chi connectivity index (χ1) is 18.0. The maximum Gasteiger partial charge on any atom is 0.248 e. The highest BCUT2D eigenvalue weighted by atomic mass is 16.3. The van der Waals surface area contributed by atoms with E-state index in [1.165, 1.54) is 17.7 Å². The molecule has 0 bridgehead atoms. The van der Waals surface area contributed by atoms with Gasteiger partial charge < -0.3 is 26.2 Å². The zero-order valence-corrected chi connectivity index (χ0v) is 20.3. The number of nitrogen functional groups attached to an aromatic ring is 1. The summed E-state index contributed by atoms with van der Waals surface area (Å²) in [6.07, 6.45) is -0.0855. The van der Waals surface area contributed by atoms with E-state index < -0.39 is 6.10 Å². The summed E-state index contributed by atoms with van der Waals surface area (Å²) in [5.74, 6) is -0.0256. The third kappa shape index (κ3) is 5.40. The Bertz CT molecular complexity index is 1600. The van der Waals surface area contributed by atoms with Gasteiger partial charge in [0.2, 0.25) is 5.56 Å². The number of aliphatic hydroxyl groups is 1. The largest absolute Gasteiger partial charge is 0.506 e. The second-order valence-corrected chi connectivity index (χ2v) is 9.12. The molecule has 6 heteroatoms. The van der Waals surface area contributed by atoms with E-state index in [9.17, 15) is 15.0 Å². The van der Waals surface area contributed by atoms with E-state index in [0.29, 0.717) is 36.0 Å². The lowest BCUT2D eigenvalue weighted by Gasteiger charge is -2.16. The molecule has 37 heavy (non-hydrogen) atoms. The van der Waals surface area contributed by atoms with Gasteiger partial charge in [-0.15, -0.1) is 0 Å². The first-order valence-electron chi connectivity index (χ1n) is 12.3. The summed E-state index contributed by atoms with van der Waals surface area (Å²) in [6, 6.07) is 31.0. The molecule has 0 amide bonds. The average molecular weight is 492 g/mol. The number of phenolic OH excluding ortho intramolecular Hbond substituents is 1. The lowest BCUT2D eigenvalue weighted by molar-refractivity contribution is 0.176. The number of hydrogen-bond donors (Lipinski definition) is 5. The fourth-order valence-electron chi connectivity index (χ4n) is 4.63. The Hall–Kier alpha value is -4.39. The van der Waals surface area contributed by atoms with E-state index >= 15 is 0 Å². The Morgan fingerprint density at radius 1 is 0.811 bits per heavy atom. The molecule has 1 unspecified atom stereocenters. The molecule has 0 spiro atoms. The zero-order valence-electron chi connectivity index (χ0n) is 20.3. The summed E-state index contributed by atoms with van der Waals surface area (Å²) in [6.45, 7) is 0.959. The Kier molecular flexibility index (Phi) is 7.03. The number of fused-ring (bicyclic) bond motifs is 1. The molecule has 0 aliphatic rings. The molecule has 1 aromatic heterocycles. The van der Waals surface area contributed by atoms with Crippen molar-refractivity contribution in [2.45, 2.75) is 12.5 Å². The quantitative estimate of drug-likeness (QED) is 0.155. The molecule has 0 radical (unpaired) electrons. The van der Waals surface area contributed by atoms with Gasteiger partial charge >= 0.3 is 0 Å². The number of anilines is 1. The van der Waals surface area contributed by atoms with Crippen LogP contribution in [0, 0.1) is 0 Å². The van der Waals surface area contributed by atoms with Gasteiger partial charge in [0.1, 0.15) is 5.75 Å². The summed E-state index contributed by atoms with van der Waals surface area (Å²) >= 11 is 0. The first kappa shape index (κ1) is 24.3. The Balaban J connectivity index is 1.22. The number of aliphatic hydroxyl groups excluding tert-OH is 1. The van der Waals surface area contributed by atoms with Crippen molar-refractivity contribution in [1.29, 1.82) is 0 Å². The average Bonchev–Trinajstić information content (AvgIpc) is 2.92. The van der Waals surface area contributed by atoms with Crippen LogP contribution >= 0.6 is 0 Å². The maximum atomic E-state index is 11.6. The molecular formula is C31H29N3O3. The van der Waals surface area contributed by atoms with Gasteiger partial charge in [-0.1, -0.05) is 66.7 Å². The number of rotatable bonds is 8. The van der Waals surface area contributed by atoms with E-state index in [1.807, 2.05) is 24.3 Å². The van der Waals surface area contributed by atoms with Crippen molar-refractivity contribution in [1.82, 2.24) is 10.3 Å². The molecular weight excluding hydrogens is 462 g/mol. The van der Waals surface area contributed by atoms with Gasteiger partial charge in [-0.3, -0.25) is 4.79 Å². The first-order valence-corrected chi connectivity index (χ1v) is 12.3. The van der Waals surface area contributed by atoms with E-state index in [-0.39, 0.29) is 11.3 Å². The summed E-state index contributed by atoms with van der Waals surface area (Å²) in [4.78, 5) is 14.2. The van der Waals surface area contributed by atoms with E-state index in [1.54, 1.807) is 12.1 Å². The van der Waals surface area contributed by atoms with Crippen molar-refractivity contribution >= 4 is 16.6 Å². The minimum atomic E-state index is -0.800. The van der Waals surface area contributed by atoms with Crippen molar-refractivity contribution in [2.75, 3.05) is 18.8 Å². The van der Waals surface area contributed by atoms with Crippen LogP contribution in [0.3, 0.4) is 0 Å². The van der Waals surface area contributed by atoms with Crippen molar-refractivity contribution in [3.8, 4) is 28.0 Å². The number of nitrogens with two attached hydrogens (primary N) is 1. The van der Waals surface area contributed by atoms with Crippen LogP contribution in [0.2, 0.25) is 0 Å². The zero-order chi connectivity index (χ0) is 25.8. The molecule has 1 heterocycles. The summed E-state index contributed by atoms with van der Waals surface area (Å²) in [5.41, 5.74) is 13.4. The van der Waals surface area contributed by atoms with Gasteiger partial charge in [-0.2, -0.15) is 0 Å². The number of phenols is 1. The van der Waals surface area contributed by atoms with Crippen molar-refractivity contribution in [2.24, 2.45) is 0 Å². The normalized spacial score (nSPS) is 12.0. The van der Waals surface area contributed by atoms with Crippen LogP contribution in [0.5, 0.6) is 5.75 Å². The van der Waals surface area contributed by atoms with Crippen LogP contribution in [0.15, 0.2) is 102 Å². The highest BCUT2D eigenvalue weighted by molar-refractivity contribution is 5.87. The Morgan fingerprint density at radius 3 is 2.32 bits per heavy atom. The van der Waals surface area contributed by atoms with Crippen molar-refractivity contribution in [3.05, 3.63) is 119 Å². The van der Waals surface area contributed by atoms with E-state index in [4.69, 9.17) is 5.73 Å². The highest BCUT2D eigenvalue weighted by Gasteiger charge is 2.14. The molecule has 6 nitrogen and oxygen atoms in total. The predicted molar refractivity (Wildman–Crippen MR) is 149 cm³/mol. The van der Waals surface area contributed by atoms with Crippen LogP contribution in [0.4, 0.5) is 5.69 Å². The molecule has 0 aliphatic heterocycles. The van der Waals surface area contributed by atoms with Gasteiger partial charge in [-0.25, -0.2) is 0 Å². The predicted octanol–water partition coefficient (Wildman–Crippen LogP) is 5.02. The van der Waals surface area contributed by atoms with Gasteiger partial charge in [0, 0.05) is 23.7 Å². The van der Waals surface area contributed by atoms with Crippen molar-refractivity contribution in [3.63, 3.8) is 0 Å². The third-order valence-corrected chi connectivity index (χ3v) is 6.62. The van der Waals surface area contributed by atoms with Gasteiger partial charge in [0.25, 0.3) is 0 Å². The standard InChI is InChI=1S/C31H29N3O3/c32-27-18-24(23-8-4-7-22(17-23)20-5-2-1-3-6-20)10-9-21(27)15-16-33-19-29(36)25-11-13-28(35)31-26(25)12-14-30(37)34-31/h1-14,17-18,29,33,35-36H,15-16,19,32H2,(H,34,37). The molecule has 4 aromatic carbocycles. The highest BCUT2D eigenvalue weighted by Crippen LogP contribution is 2.30. The van der Waals surface area contributed by atoms with E-state index in [0.717, 1.165) is 27.9 Å². The molecule has 0 aliphatic carbocycles. The number of H-pyrrole nitrogens is 1. The molecule has 0 fully saturated rings. The van der Waals surface area contributed by atoms with Gasteiger partial charge in [0.05, 0.1) is 11.6 Å². The SMILES string of the molecule is Nc1cc(-c2cccc(-c3ccccc3)c2)ccc1CCNCC(O)c1ccc(O)c2[nH]c(=O)ccc12. The number of aromatic nitrogens is 1. The smallest absolute Gasteiger partial charge is 0.248 e. The van der Waals surface area contributed by atoms with Crippen LogP contribution in [-0.2, 0) is 6.42 Å². The number of aromatic hydroxyl groups is 1. The Morgan fingerprint density at radius 2 is 1.54 bits per heavy atom. The third-order valence-electron chi connectivity index (χ3n) is 6.62. The molecule has 186 valence electrons. The Labute approximate surface area is 215 Å². The minimum Gasteiger partial charge on any atom is -0.506 e.